The van der Waals surface area contributed by atoms with E-state index in [0.717, 1.165) is 31.0 Å². The molecule has 4 heteroatoms. The Hall–Kier alpha value is -1.13. The largest absolute Gasteiger partial charge is 0.490 e. The molecule has 0 bridgehead atoms. The van der Waals surface area contributed by atoms with Gasteiger partial charge in [-0.1, -0.05) is 0 Å². The second-order valence-electron chi connectivity index (χ2n) is 4.16. The van der Waals surface area contributed by atoms with Crippen LogP contribution in [0.25, 0.3) is 0 Å². The molecule has 1 atom stereocenters. The van der Waals surface area contributed by atoms with Gasteiger partial charge in [0.05, 0.1) is 6.20 Å². The zero-order chi connectivity index (χ0) is 11.2. The predicted octanol–water partition coefficient (Wildman–Crippen LogP) is 0.932. The number of rotatable bonds is 5. The van der Waals surface area contributed by atoms with Gasteiger partial charge in [0.25, 0.3) is 0 Å². The molecule has 0 amide bonds. The Balaban J connectivity index is 1.85. The summed E-state index contributed by atoms with van der Waals surface area (Å²) in [5, 5.41) is 6.51. The van der Waals surface area contributed by atoms with E-state index >= 15 is 0 Å². The van der Waals surface area contributed by atoms with E-state index in [1.54, 1.807) is 6.20 Å². The van der Waals surface area contributed by atoms with Gasteiger partial charge in [-0.15, -0.1) is 0 Å². The second-order valence-corrected chi connectivity index (χ2v) is 4.16. The smallest absolute Gasteiger partial charge is 0.137 e. The van der Waals surface area contributed by atoms with Gasteiger partial charge in [0.1, 0.15) is 12.4 Å². The molecule has 1 fully saturated rings. The van der Waals surface area contributed by atoms with Gasteiger partial charge >= 0.3 is 0 Å². The van der Waals surface area contributed by atoms with E-state index < -0.39 is 0 Å². The fraction of sp³-hybridized carbons (Fsp3) is 0.583. The molecule has 88 valence electrons. The minimum Gasteiger partial charge on any atom is -0.490 e. The molecule has 0 saturated carbocycles. The first-order valence-electron chi connectivity index (χ1n) is 5.83. The van der Waals surface area contributed by atoms with Crippen molar-refractivity contribution in [1.82, 2.24) is 15.6 Å². The zero-order valence-electron chi connectivity index (χ0n) is 9.70. The Morgan fingerprint density at radius 1 is 1.56 bits per heavy atom. The molecule has 0 aromatic carbocycles. The number of ether oxygens (including phenoxy) is 1. The second kappa shape index (κ2) is 5.82. The molecular weight excluding hydrogens is 202 g/mol. The maximum Gasteiger partial charge on any atom is 0.137 e. The van der Waals surface area contributed by atoms with Gasteiger partial charge in [-0.3, -0.25) is 4.98 Å². The van der Waals surface area contributed by atoms with Crippen LogP contribution in [0, 0.1) is 0 Å². The minimum atomic E-state index is 0.507. The van der Waals surface area contributed by atoms with Crippen molar-refractivity contribution in [3.05, 3.63) is 24.0 Å². The van der Waals surface area contributed by atoms with Gasteiger partial charge in [-0.25, -0.2) is 0 Å². The van der Waals surface area contributed by atoms with E-state index in [-0.39, 0.29) is 0 Å². The summed E-state index contributed by atoms with van der Waals surface area (Å²) in [6.07, 6.45) is 6.10. The van der Waals surface area contributed by atoms with Crippen molar-refractivity contribution in [3.63, 3.8) is 0 Å². The van der Waals surface area contributed by atoms with Crippen molar-refractivity contribution in [3.8, 4) is 5.75 Å². The highest BCUT2D eigenvalue weighted by molar-refractivity contribution is 5.23. The molecule has 1 aliphatic rings. The lowest BCUT2D eigenvalue weighted by Crippen LogP contribution is -2.28. The first-order valence-corrected chi connectivity index (χ1v) is 5.83. The molecule has 4 nitrogen and oxygen atoms in total. The Morgan fingerprint density at radius 3 is 3.25 bits per heavy atom. The molecule has 1 saturated heterocycles. The number of hydrogen-bond acceptors (Lipinski definition) is 4. The summed E-state index contributed by atoms with van der Waals surface area (Å²) in [6, 6.07) is 2.55. The van der Waals surface area contributed by atoms with Gasteiger partial charge in [-0.05, 0) is 38.1 Å². The van der Waals surface area contributed by atoms with Gasteiger partial charge in [0, 0.05) is 18.8 Å². The average molecular weight is 221 g/mol. The maximum absolute atomic E-state index is 5.72. The standard InChI is InChI=1S/C12H19N3O/c1-13-6-10-5-12(8-14-7-10)16-9-11-3-2-4-15-11/h5,7-8,11,13,15H,2-4,6,9H2,1H3/t11-/m0/s1. The minimum absolute atomic E-state index is 0.507. The van der Waals surface area contributed by atoms with Crippen molar-refractivity contribution in [2.24, 2.45) is 0 Å². The lowest BCUT2D eigenvalue weighted by Gasteiger charge is -2.12. The summed E-state index contributed by atoms with van der Waals surface area (Å²) in [4.78, 5) is 4.16. The van der Waals surface area contributed by atoms with Gasteiger partial charge in [0.15, 0.2) is 0 Å². The van der Waals surface area contributed by atoms with E-state index in [9.17, 15) is 0 Å². The van der Waals surface area contributed by atoms with Crippen LogP contribution < -0.4 is 15.4 Å². The summed E-state index contributed by atoms with van der Waals surface area (Å²) >= 11 is 0. The van der Waals surface area contributed by atoms with Crippen LogP contribution in [0.4, 0.5) is 0 Å². The lowest BCUT2D eigenvalue weighted by molar-refractivity contribution is 0.276. The highest BCUT2D eigenvalue weighted by atomic mass is 16.5. The molecule has 0 unspecified atom stereocenters. The third-order valence-corrected chi connectivity index (χ3v) is 2.76. The summed E-state index contributed by atoms with van der Waals surface area (Å²) in [7, 11) is 1.93. The molecular formula is C12H19N3O. The summed E-state index contributed by atoms with van der Waals surface area (Å²) < 4.78 is 5.72. The van der Waals surface area contributed by atoms with Crippen LogP contribution in [0.5, 0.6) is 5.75 Å². The van der Waals surface area contributed by atoms with E-state index in [0.29, 0.717) is 6.04 Å². The first kappa shape index (κ1) is 11.4. The van der Waals surface area contributed by atoms with Gasteiger partial charge < -0.3 is 15.4 Å². The fourth-order valence-corrected chi connectivity index (χ4v) is 1.94. The molecule has 2 heterocycles. The zero-order valence-corrected chi connectivity index (χ0v) is 9.70. The highest BCUT2D eigenvalue weighted by Gasteiger charge is 2.14. The first-order chi connectivity index (χ1) is 7.88. The Morgan fingerprint density at radius 2 is 2.50 bits per heavy atom. The van der Waals surface area contributed by atoms with E-state index in [1.165, 1.54) is 12.8 Å². The van der Waals surface area contributed by atoms with Gasteiger partial charge in [0.2, 0.25) is 0 Å². The van der Waals surface area contributed by atoms with Crippen molar-refractivity contribution in [2.75, 3.05) is 20.2 Å². The molecule has 0 radical (unpaired) electrons. The summed E-state index contributed by atoms with van der Waals surface area (Å²) in [5.41, 5.74) is 1.15. The summed E-state index contributed by atoms with van der Waals surface area (Å²) in [6.45, 7) is 2.68. The molecule has 1 aliphatic heterocycles. The fourth-order valence-electron chi connectivity index (χ4n) is 1.94. The van der Waals surface area contributed by atoms with Crippen LogP contribution in [0.2, 0.25) is 0 Å². The number of nitrogens with one attached hydrogen (secondary N) is 2. The third-order valence-electron chi connectivity index (χ3n) is 2.76. The topological polar surface area (TPSA) is 46.2 Å². The number of hydrogen-bond donors (Lipinski definition) is 2. The lowest BCUT2D eigenvalue weighted by atomic mass is 10.2. The number of nitrogens with zero attached hydrogens (tertiary/aromatic N) is 1. The van der Waals surface area contributed by atoms with E-state index in [2.05, 4.69) is 15.6 Å². The predicted molar refractivity (Wildman–Crippen MR) is 63.5 cm³/mol. The average Bonchev–Trinajstić information content (AvgIpc) is 2.80. The normalized spacial score (nSPS) is 19.9. The number of pyridine rings is 1. The van der Waals surface area contributed by atoms with Crippen LogP contribution in [0.3, 0.4) is 0 Å². The maximum atomic E-state index is 5.72. The van der Waals surface area contributed by atoms with Crippen LogP contribution in [0.15, 0.2) is 18.5 Å². The van der Waals surface area contributed by atoms with Crippen LogP contribution in [-0.2, 0) is 6.54 Å². The SMILES string of the molecule is CNCc1cncc(OC[C@@H]2CCCN2)c1. The molecule has 16 heavy (non-hydrogen) atoms. The number of aromatic nitrogens is 1. The molecule has 0 spiro atoms. The molecule has 1 aromatic heterocycles. The molecule has 2 N–H and O–H groups in total. The Bertz CT molecular complexity index is 324. The third kappa shape index (κ3) is 3.18. The van der Waals surface area contributed by atoms with Crippen LogP contribution in [-0.4, -0.2) is 31.2 Å². The molecule has 1 aromatic rings. The van der Waals surface area contributed by atoms with Crippen molar-refractivity contribution >= 4 is 0 Å². The quantitative estimate of drug-likeness (QED) is 0.776. The van der Waals surface area contributed by atoms with Crippen molar-refractivity contribution in [1.29, 1.82) is 0 Å². The van der Waals surface area contributed by atoms with Crippen LogP contribution >= 0.6 is 0 Å². The van der Waals surface area contributed by atoms with Gasteiger partial charge in [-0.2, -0.15) is 0 Å². The van der Waals surface area contributed by atoms with E-state index in [1.807, 2.05) is 19.3 Å². The Labute approximate surface area is 96.4 Å². The molecule has 0 aliphatic carbocycles. The molecule has 2 rings (SSSR count). The Kier molecular flexibility index (Phi) is 4.13. The van der Waals surface area contributed by atoms with Crippen molar-refractivity contribution in [2.45, 2.75) is 25.4 Å². The van der Waals surface area contributed by atoms with E-state index in [4.69, 9.17) is 4.74 Å². The van der Waals surface area contributed by atoms with Crippen LogP contribution in [0.1, 0.15) is 18.4 Å². The highest BCUT2D eigenvalue weighted by Crippen LogP contribution is 2.13. The monoisotopic (exact) mass is 221 g/mol. The summed E-state index contributed by atoms with van der Waals surface area (Å²) in [5.74, 6) is 0.862. The van der Waals surface area contributed by atoms with Crippen molar-refractivity contribution < 1.29 is 4.74 Å².